The Labute approximate surface area is 103 Å². The topological polar surface area (TPSA) is 33.1 Å². The van der Waals surface area contributed by atoms with Crippen LogP contribution in [0.4, 0.5) is 0 Å². The summed E-state index contributed by atoms with van der Waals surface area (Å²) in [4.78, 5) is 5.08. The quantitative estimate of drug-likeness (QED) is 0.901. The molecule has 0 saturated heterocycles. The maximum atomic E-state index is 10.4. The second-order valence-electron chi connectivity index (χ2n) is 3.35. The molecule has 1 unspecified atom stereocenters. The molecule has 0 amide bonds. The van der Waals surface area contributed by atoms with Gasteiger partial charge in [-0.15, -0.1) is 23.7 Å². The van der Waals surface area contributed by atoms with Crippen LogP contribution in [0.25, 0.3) is 0 Å². The summed E-state index contributed by atoms with van der Waals surface area (Å²) in [7, 11) is 0. The Morgan fingerprint density at radius 3 is 2.67 bits per heavy atom. The van der Waals surface area contributed by atoms with Gasteiger partial charge in [-0.05, 0) is 36.2 Å². The van der Waals surface area contributed by atoms with E-state index in [-0.39, 0.29) is 12.4 Å². The summed E-state index contributed by atoms with van der Waals surface area (Å²) in [5.74, 6) is 0. The van der Waals surface area contributed by atoms with E-state index in [2.05, 4.69) is 4.98 Å². The van der Waals surface area contributed by atoms with E-state index in [1.54, 1.807) is 16.8 Å². The van der Waals surface area contributed by atoms with Crippen molar-refractivity contribution in [2.45, 2.75) is 19.4 Å². The van der Waals surface area contributed by atoms with Crippen molar-refractivity contribution in [3.63, 3.8) is 0 Å². The molecule has 0 fully saturated rings. The zero-order valence-electron chi connectivity index (χ0n) is 8.43. The Kier molecular flexibility index (Phi) is 3.89. The number of hydrogen-bond acceptors (Lipinski definition) is 4. The number of halogens is 1. The van der Waals surface area contributed by atoms with Crippen LogP contribution >= 0.6 is 35.1 Å². The van der Waals surface area contributed by atoms with E-state index < -0.39 is 5.60 Å². The number of aryl methyl sites for hydroxylation is 1. The van der Waals surface area contributed by atoms with Gasteiger partial charge in [-0.25, -0.2) is 4.98 Å². The molecule has 1 atom stereocenters. The summed E-state index contributed by atoms with van der Waals surface area (Å²) >= 11 is 3.09. The van der Waals surface area contributed by atoms with E-state index in [4.69, 9.17) is 0 Å². The van der Waals surface area contributed by atoms with E-state index >= 15 is 0 Å². The van der Waals surface area contributed by atoms with E-state index in [9.17, 15) is 5.11 Å². The minimum absolute atomic E-state index is 0. The number of hydrogen-bond donors (Lipinski definition) is 1. The van der Waals surface area contributed by atoms with Gasteiger partial charge in [0.25, 0.3) is 0 Å². The molecule has 2 aromatic heterocycles. The number of aliphatic hydroxyl groups is 1. The minimum atomic E-state index is -0.898. The molecule has 2 aromatic rings. The highest BCUT2D eigenvalue weighted by Crippen LogP contribution is 2.34. The summed E-state index contributed by atoms with van der Waals surface area (Å²) < 4.78 is 0. The molecular formula is C10H12ClNOS2. The van der Waals surface area contributed by atoms with Crippen molar-refractivity contribution in [2.24, 2.45) is 0 Å². The van der Waals surface area contributed by atoms with E-state index in [1.165, 1.54) is 11.3 Å². The average molecular weight is 262 g/mol. The van der Waals surface area contributed by atoms with Crippen LogP contribution in [0, 0.1) is 6.92 Å². The largest absolute Gasteiger partial charge is 0.380 e. The smallest absolute Gasteiger partial charge is 0.124 e. The van der Waals surface area contributed by atoms with Crippen molar-refractivity contribution < 1.29 is 5.11 Å². The highest BCUT2D eigenvalue weighted by atomic mass is 35.5. The van der Waals surface area contributed by atoms with Gasteiger partial charge in [0.2, 0.25) is 0 Å². The predicted molar refractivity (Wildman–Crippen MR) is 67.1 cm³/mol. The maximum absolute atomic E-state index is 10.4. The number of aromatic nitrogens is 1. The van der Waals surface area contributed by atoms with Crippen molar-refractivity contribution in [2.75, 3.05) is 0 Å². The highest BCUT2D eigenvalue weighted by molar-refractivity contribution is 7.10. The third kappa shape index (κ3) is 2.23. The van der Waals surface area contributed by atoms with Gasteiger partial charge >= 0.3 is 0 Å². The van der Waals surface area contributed by atoms with Crippen molar-refractivity contribution in [1.29, 1.82) is 0 Å². The van der Waals surface area contributed by atoms with E-state index in [0.717, 1.165) is 16.1 Å². The van der Waals surface area contributed by atoms with Crippen LogP contribution in [-0.2, 0) is 5.60 Å². The monoisotopic (exact) mass is 261 g/mol. The van der Waals surface area contributed by atoms with Gasteiger partial charge in [0, 0.05) is 0 Å². The second-order valence-corrected chi connectivity index (χ2v) is 4.99. The average Bonchev–Trinajstić information content (AvgIpc) is 2.72. The minimum Gasteiger partial charge on any atom is -0.380 e. The normalized spacial score (nSPS) is 14.3. The van der Waals surface area contributed by atoms with Gasteiger partial charge in [0.05, 0.1) is 16.1 Å². The second kappa shape index (κ2) is 4.61. The first-order valence-electron chi connectivity index (χ1n) is 4.28. The summed E-state index contributed by atoms with van der Waals surface area (Å²) in [6, 6.07) is 1.95. The molecule has 0 aliphatic heterocycles. The lowest BCUT2D eigenvalue weighted by Gasteiger charge is -2.21. The Balaban J connectivity index is 0.00000112. The van der Waals surface area contributed by atoms with Gasteiger partial charge < -0.3 is 5.11 Å². The van der Waals surface area contributed by atoms with Crippen LogP contribution in [0.2, 0.25) is 0 Å². The molecule has 0 aliphatic carbocycles. The van der Waals surface area contributed by atoms with Gasteiger partial charge in [0.1, 0.15) is 5.60 Å². The summed E-state index contributed by atoms with van der Waals surface area (Å²) in [6.07, 6.45) is 0. The van der Waals surface area contributed by atoms with Crippen LogP contribution in [0.5, 0.6) is 0 Å². The first-order chi connectivity index (χ1) is 6.62. The zero-order valence-corrected chi connectivity index (χ0v) is 10.9. The van der Waals surface area contributed by atoms with Gasteiger partial charge in [0.15, 0.2) is 0 Å². The van der Waals surface area contributed by atoms with Crippen LogP contribution in [0.3, 0.4) is 0 Å². The predicted octanol–water partition coefficient (Wildman–Crippen LogP) is 3.19. The number of thiophene rings is 1. The fraction of sp³-hybridized carbons (Fsp3) is 0.300. The summed E-state index contributed by atoms with van der Waals surface area (Å²) in [6.45, 7) is 3.74. The van der Waals surface area contributed by atoms with Crippen LogP contribution < -0.4 is 0 Å². The van der Waals surface area contributed by atoms with Crippen molar-refractivity contribution >= 4 is 35.1 Å². The molecule has 0 aromatic carbocycles. The van der Waals surface area contributed by atoms with Crippen molar-refractivity contribution in [3.8, 4) is 0 Å². The van der Waals surface area contributed by atoms with Crippen LogP contribution in [0.1, 0.15) is 23.1 Å². The molecule has 5 heteroatoms. The molecule has 0 spiro atoms. The lowest BCUT2D eigenvalue weighted by molar-refractivity contribution is 0.106. The Bertz CT molecular complexity index is 422. The fourth-order valence-corrected chi connectivity index (χ4v) is 3.09. The molecule has 2 nitrogen and oxygen atoms in total. The standard InChI is InChI=1S/C10H11NOS2.ClH/c1-7-9(14-6-11-7)10(2,12)8-3-4-13-5-8;/h3-6,12H,1-2H3;1H. The molecule has 2 heterocycles. The van der Waals surface area contributed by atoms with Gasteiger partial charge in [-0.3, -0.25) is 0 Å². The lowest BCUT2D eigenvalue weighted by Crippen LogP contribution is -2.21. The number of rotatable bonds is 2. The Morgan fingerprint density at radius 2 is 2.20 bits per heavy atom. The molecule has 2 rings (SSSR count). The van der Waals surface area contributed by atoms with Crippen molar-refractivity contribution in [1.82, 2.24) is 4.98 Å². The Morgan fingerprint density at radius 1 is 1.47 bits per heavy atom. The molecular weight excluding hydrogens is 250 g/mol. The first-order valence-corrected chi connectivity index (χ1v) is 6.10. The number of nitrogens with zero attached hydrogens (tertiary/aromatic N) is 1. The van der Waals surface area contributed by atoms with Crippen LogP contribution in [0.15, 0.2) is 22.3 Å². The van der Waals surface area contributed by atoms with Crippen molar-refractivity contribution in [3.05, 3.63) is 38.5 Å². The molecule has 15 heavy (non-hydrogen) atoms. The summed E-state index contributed by atoms with van der Waals surface area (Å²) in [5.41, 5.74) is 2.72. The van der Waals surface area contributed by atoms with Gasteiger partial charge in [-0.1, -0.05) is 0 Å². The Hall–Kier alpha value is -0.420. The molecule has 0 radical (unpaired) electrons. The SMILES string of the molecule is Cc1ncsc1C(C)(O)c1ccsc1.Cl. The highest BCUT2D eigenvalue weighted by Gasteiger charge is 2.29. The zero-order chi connectivity index (χ0) is 10.2. The third-order valence-corrected chi connectivity index (χ3v) is 4.09. The molecule has 0 bridgehead atoms. The third-order valence-electron chi connectivity index (χ3n) is 2.27. The van der Waals surface area contributed by atoms with Gasteiger partial charge in [-0.2, -0.15) is 11.3 Å². The molecule has 82 valence electrons. The molecule has 0 aliphatic rings. The van der Waals surface area contributed by atoms with E-state index in [1.807, 2.05) is 30.7 Å². The summed E-state index contributed by atoms with van der Waals surface area (Å²) in [5, 5.41) is 14.3. The lowest BCUT2D eigenvalue weighted by atomic mass is 9.96. The van der Waals surface area contributed by atoms with Crippen LogP contribution in [-0.4, -0.2) is 10.1 Å². The number of thiazole rings is 1. The van der Waals surface area contributed by atoms with E-state index in [0.29, 0.717) is 0 Å². The fourth-order valence-electron chi connectivity index (χ4n) is 1.44. The maximum Gasteiger partial charge on any atom is 0.124 e. The molecule has 0 saturated carbocycles. The molecule has 1 N–H and O–H groups in total. The first kappa shape index (κ1) is 12.6.